The zero-order valence-electron chi connectivity index (χ0n) is 17.6. The molecule has 170 valence electrons. The third-order valence-corrected chi connectivity index (χ3v) is 4.08. The summed E-state index contributed by atoms with van der Waals surface area (Å²) < 4.78 is 63.0. The van der Waals surface area contributed by atoms with Gasteiger partial charge in [-0.1, -0.05) is 38.1 Å². The molecule has 2 rings (SSSR count). The number of ether oxygens (including phenoxy) is 1. The molecule has 0 amide bonds. The molecular weight excluding hydrogens is 414 g/mol. The van der Waals surface area contributed by atoms with Gasteiger partial charge in [-0.05, 0) is 23.3 Å². The molecule has 1 aromatic heterocycles. The second-order valence-corrected chi connectivity index (χ2v) is 6.14. The molecule has 1 heterocycles. The van der Waals surface area contributed by atoms with Crippen LogP contribution in [0.15, 0.2) is 47.7 Å². The molecule has 0 fully saturated rings. The molecule has 0 bridgehead atoms. The minimum Gasteiger partial charge on any atom is -0.381 e. The number of nitrogens with zero attached hydrogens (tertiary/aromatic N) is 3. The molecule has 0 aliphatic heterocycles. The molecule has 1 unspecified atom stereocenters. The topological polar surface area (TPSA) is 89.8 Å². The fraction of sp³-hybridized carbons (Fsp3) is 0.333. The highest BCUT2D eigenvalue weighted by atomic mass is 19.3. The average molecular weight is 441 g/mol. The number of hydrogen-bond donors (Lipinski definition) is 2. The van der Waals surface area contributed by atoms with E-state index in [2.05, 4.69) is 10.1 Å². The Bertz CT molecular complexity index is 859. The summed E-state index contributed by atoms with van der Waals surface area (Å²) in [7, 11) is 1.52. The minimum atomic E-state index is -3.63. The quantitative estimate of drug-likeness (QED) is 0.202. The van der Waals surface area contributed by atoms with Crippen molar-refractivity contribution in [3.63, 3.8) is 0 Å². The van der Waals surface area contributed by atoms with Gasteiger partial charge in [-0.25, -0.2) is 14.6 Å². The van der Waals surface area contributed by atoms with E-state index in [1.54, 1.807) is 12.2 Å². The second-order valence-electron chi connectivity index (χ2n) is 6.14. The summed E-state index contributed by atoms with van der Waals surface area (Å²) in [6.45, 7) is 3.81. The number of alkyl halides is 2. The third kappa shape index (κ3) is 7.34. The van der Waals surface area contributed by atoms with Crippen molar-refractivity contribution < 1.29 is 22.3 Å². The van der Waals surface area contributed by atoms with E-state index < -0.39 is 41.3 Å². The summed E-state index contributed by atoms with van der Waals surface area (Å²) in [6.07, 6.45) is 5.54. The van der Waals surface area contributed by atoms with Crippen molar-refractivity contribution in [2.24, 2.45) is 16.8 Å². The molecule has 0 spiro atoms. The zero-order valence-corrected chi connectivity index (χ0v) is 17.6. The lowest BCUT2D eigenvalue weighted by molar-refractivity contribution is -0.0443. The third-order valence-electron chi connectivity index (χ3n) is 4.08. The van der Waals surface area contributed by atoms with Gasteiger partial charge in [0.2, 0.25) is 0 Å². The molecule has 6 nitrogen and oxygen atoms in total. The van der Waals surface area contributed by atoms with E-state index in [0.29, 0.717) is 18.2 Å². The zero-order chi connectivity index (χ0) is 23.4. The number of nitrogens with two attached hydrogens (primary N) is 2. The first-order valence-electron chi connectivity index (χ1n) is 9.49. The first-order chi connectivity index (χ1) is 14.8. The van der Waals surface area contributed by atoms with Crippen molar-refractivity contribution in [2.75, 3.05) is 20.3 Å². The van der Waals surface area contributed by atoms with Crippen LogP contribution in [0.2, 0.25) is 0 Å². The molecule has 1 atom stereocenters. The second kappa shape index (κ2) is 12.7. The number of methoxy groups -OCH3 is 1. The number of hydrazone groups is 1. The SMILES string of the molecule is CC.COC/C=C/c1ccc(C(F)(F)C(CN(N)/C=N\N)c2ccc(F)cc2F)nc1. The maximum atomic E-state index is 15.3. The Labute approximate surface area is 179 Å². The molecule has 4 N–H and O–H groups in total. The van der Waals surface area contributed by atoms with E-state index in [1.165, 1.54) is 19.4 Å². The van der Waals surface area contributed by atoms with Crippen molar-refractivity contribution in [2.45, 2.75) is 25.7 Å². The molecule has 1 aromatic carbocycles. The predicted molar refractivity (Wildman–Crippen MR) is 113 cm³/mol. The highest BCUT2D eigenvalue weighted by molar-refractivity contribution is 5.53. The lowest BCUT2D eigenvalue weighted by atomic mass is 9.89. The summed E-state index contributed by atoms with van der Waals surface area (Å²) in [6, 6.07) is 4.98. The maximum Gasteiger partial charge on any atom is 0.298 e. The molecule has 31 heavy (non-hydrogen) atoms. The molecule has 0 saturated heterocycles. The van der Waals surface area contributed by atoms with Gasteiger partial charge >= 0.3 is 0 Å². The van der Waals surface area contributed by atoms with E-state index in [1.807, 2.05) is 13.8 Å². The molecule has 2 aromatic rings. The summed E-state index contributed by atoms with van der Waals surface area (Å²) in [4.78, 5) is 3.82. The Morgan fingerprint density at radius 2 is 1.94 bits per heavy atom. The van der Waals surface area contributed by atoms with Crippen LogP contribution in [0.5, 0.6) is 0 Å². The van der Waals surface area contributed by atoms with Gasteiger partial charge in [-0.15, -0.1) is 0 Å². The fourth-order valence-corrected chi connectivity index (χ4v) is 2.70. The van der Waals surface area contributed by atoms with Crippen molar-refractivity contribution in [3.8, 4) is 0 Å². The van der Waals surface area contributed by atoms with Gasteiger partial charge < -0.3 is 10.6 Å². The Hall–Kier alpha value is -2.98. The molecule has 10 heteroatoms. The molecular formula is C21H27F4N5O. The Kier molecular flexibility index (Phi) is 10.6. The summed E-state index contributed by atoms with van der Waals surface area (Å²) in [5, 5.41) is 3.96. The number of halogens is 4. The monoisotopic (exact) mass is 441 g/mol. The minimum absolute atomic E-state index is 0.360. The van der Waals surface area contributed by atoms with Crippen molar-refractivity contribution in [1.82, 2.24) is 9.99 Å². The Morgan fingerprint density at radius 3 is 2.48 bits per heavy atom. The lowest BCUT2D eigenvalue weighted by Crippen LogP contribution is -2.40. The summed E-state index contributed by atoms with van der Waals surface area (Å²) in [5.41, 5.74) is -0.418. The van der Waals surface area contributed by atoms with Crippen LogP contribution in [0.4, 0.5) is 17.6 Å². The van der Waals surface area contributed by atoms with Crippen LogP contribution in [0.1, 0.15) is 36.6 Å². The number of hydrogen-bond acceptors (Lipinski definition) is 5. The van der Waals surface area contributed by atoms with Gasteiger partial charge in [-0.3, -0.25) is 9.99 Å². The smallest absolute Gasteiger partial charge is 0.298 e. The van der Waals surface area contributed by atoms with Crippen LogP contribution < -0.4 is 11.7 Å². The number of aromatic nitrogens is 1. The number of hydrazine groups is 1. The van der Waals surface area contributed by atoms with Crippen molar-refractivity contribution in [3.05, 3.63) is 71.1 Å². The Morgan fingerprint density at radius 1 is 1.23 bits per heavy atom. The van der Waals surface area contributed by atoms with E-state index in [9.17, 15) is 8.78 Å². The maximum absolute atomic E-state index is 15.3. The van der Waals surface area contributed by atoms with Crippen LogP contribution >= 0.6 is 0 Å². The first kappa shape index (κ1) is 26.1. The van der Waals surface area contributed by atoms with Crippen molar-refractivity contribution >= 4 is 12.4 Å². The largest absolute Gasteiger partial charge is 0.381 e. The van der Waals surface area contributed by atoms with Gasteiger partial charge in [0, 0.05) is 25.9 Å². The highest BCUT2D eigenvalue weighted by Crippen LogP contribution is 2.42. The molecule has 0 aliphatic carbocycles. The predicted octanol–water partition coefficient (Wildman–Crippen LogP) is 4.00. The summed E-state index contributed by atoms with van der Waals surface area (Å²) >= 11 is 0. The molecule has 0 radical (unpaired) electrons. The van der Waals surface area contributed by atoms with E-state index in [0.717, 1.165) is 29.5 Å². The molecule has 0 aliphatic rings. The van der Waals surface area contributed by atoms with E-state index in [-0.39, 0.29) is 0 Å². The summed E-state index contributed by atoms with van der Waals surface area (Å²) in [5.74, 6) is 3.17. The van der Waals surface area contributed by atoms with Gasteiger partial charge in [0.15, 0.2) is 0 Å². The average Bonchev–Trinajstić information content (AvgIpc) is 2.75. The van der Waals surface area contributed by atoms with Gasteiger partial charge in [0.05, 0.1) is 12.5 Å². The van der Waals surface area contributed by atoms with Gasteiger partial charge in [0.1, 0.15) is 23.7 Å². The van der Waals surface area contributed by atoms with Crippen LogP contribution in [0.25, 0.3) is 6.08 Å². The van der Waals surface area contributed by atoms with Gasteiger partial charge in [-0.2, -0.15) is 13.9 Å². The van der Waals surface area contributed by atoms with Crippen LogP contribution in [-0.2, 0) is 10.7 Å². The fourth-order valence-electron chi connectivity index (χ4n) is 2.70. The lowest BCUT2D eigenvalue weighted by Gasteiger charge is -2.29. The van der Waals surface area contributed by atoms with E-state index >= 15 is 8.78 Å². The number of pyridine rings is 1. The van der Waals surface area contributed by atoms with E-state index in [4.69, 9.17) is 16.4 Å². The first-order valence-corrected chi connectivity index (χ1v) is 9.49. The van der Waals surface area contributed by atoms with Crippen LogP contribution in [-0.4, -0.2) is 36.6 Å². The van der Waals surface area contributed by atoms with Crippen molar-refractivity contribution in [1.29, 1.82) is 0 Å². The van der Waals surface area contributed by atoms with Crippen LogP contribution in [0, 0.1) is 11.6 Å². The van der Waals surface area contributed by atoms with Gasteiger partial charge in [0.25, 0.3) is 5.92 Å². The standard InChI is InChI=1S/C19H21F4N5O.C2H6/c1-29-8-2-3-13-4-7-18(26-10-13)19(22,23)16(11-28(25)12-27-24)15-6-5-14(20)9-17(15)21;1-2/h2-7,9-10,12,16H,8,11,24-25H2,1H3;1-2H3/b3-2+,27-12-;. The number of benzene rings is 1. The highest BCUT2D eigenvalue weighted by Gasteiger charge is 2.45. The number of rotatable bonds is 9. The molecule has 0 saturated carbocycles. The normalized spacial score (nSPS) is 12.6. The van der Waals surface area contributed by atoms with Crippen LogP contribution in [0.3, 0.4) is 0 Å². The Balaban J connectivity index is 0.00000233.